The van der Waals surface area contributed by atoms with E-state index in [0.29, 0.717) is 18.4 Å². The molecule has 2 aromatic rings. The molecular weight excluding hydrogens is 384 g/mol. The summed E-state index contributed by atoms with van der Waals surface area (Å²) in [6.45, 7) is 3.88. The van der Waals surface area contributed by atoms with E-state index < -0.39 is 17.3 Å². The monoisotopic (exact) mass is 406 g/mol. The van der Waals surface area contributed by atoms with Gasteiger partial charge in [-0.2, -0.15) is 13.2 Å². The van der Waals surface area contributed by atoms with Crippen LogP contribution in [0, 0.1) is 5.82 Å². The lowest BCUT2D eigenvalue weighted by Gasteiger charge is -2.37. The smallest absolute Gasteiger partial charge is 0.368 e. The van der Waals surface area contributed by atoms with Crippen molar-refractivity contribution in [1.82, 2.24) is 5.32 Å². The normalized spacial score (nSPS) is 18.5. The molecule has 1 aliphatic heterocycles. The number of anilines is 1. The SMILES string of the molecule is CCCC1(C(=O)NCc2ccc(F)cc2)C=C(C)c2ccc(C(F)(F)F)cc2N1. The second-order valence-electron chi connectivity index (χ2n) is 7.24. The predicted molar refractivity (Wildman–Crippen MR) is 105 cm³/mol. The Morgan fingerprint density at radius 3 is 2.45 bits per heavy atom. The first-order valence-electron chi connectivity index (χ1n) is 9.36. The van der Waals surface area contributed by atoms with Crippen LogP contribution in [0.2, 0.25) is 0 Å². The van der Waals surface area contributed by atoms with Crippen LogP contribution < -0.4 is 10.6 Å². The van der Waals surface area contributed by atoms with Crippen molar-refractivity contribution in [3.8, 4) is 0 Å². The summed E-state index contributed by atoms with van der Waals surface area (Å²) in [6, 6.07) is 9.26. The van der Waals surface area contributed by atoms with Gasteiger partial charge in [-0.3, -0.25) is 4.79 Å². The van der Waals surface area contributed by atoms with E-state index >= 15 is 0 Å². The second-order valence-corrected chi connectivity index (χ2v) is 7.24. The number of nitrogens with one attached hydrogen (secondary N) is 2. The van der Waals surface area contributed by atoms with E-state index in [0.717, 1.165) is 23.3 Å². The van der Waals surface area contributed by atoms with Gasteiger partial charge in [0.1, 0.15) is 11.4 Å². The average molecular weight is 406 g/mol. The molecule has 1 unspecified atom stereocenters. The summed E-state index contributed by atoms with van der Waals surface area (Å²) in [4.78, 5) is 13.1. The lowest BCUT2D eigenvalue weighted by atomic mass is 9.84. The molecular formula is C22H22F4N2O. The van der Waals surface area contributed by atoms with Gasteiger partial charge in [-0.05, 0) is 54.8 Å². The Bertz CT molecular complexity index is 935. The molecule has 0 saturated carbocycles. The standard InChI is InChI=1S/C22H22F4N2O/c1-3-10-21(20(29)27-13-15-4-7-17(23)8-5-15)12-14(2)18-9-6-16(22(24,25)26)11-19(18)28-21/h4-9,11-12,28H,3,10,13H2,1-2H3,(H,27,29). The molecule has 2 aromatic carbocycles. The predicted octanol–water partition coefficient (Wildman–Crippen LogP) is 5.53. The zero-order valence-electron chi connectivity index (χ0n) is 16.2. The van der Waals surface area contributed by atoms with Crippen molar-refractivity contribution < 1.29 is 22.4 Å². The summed E-state index contributed by atoms with van der Waals surface area (Å²) in [5.74, 6) is -0.710. The Kier molecular flexibility index (Phi) is 5.68. The van der Waals surface area contributed by atoms with Gasteiger partial charge in [0.25, 0.3) is 0 Å². The number of halogens is 4. The fraction of sp³-hybridized carbons (Fsp3) is 0.318. The Labute approximate surface area is 166 Å². The van der Waals surface area contributed by atoms with Crippen LogP contribution in [0.15, 0.2) is 48.5 Å². The summed E-state index contributed by atoms with van der Waals surface area (Å²) in [5.41, 5.74) is 0.452. The number of allylic oxidation sites excluding steroid dienone is 1. The molecule has 0 fully saturated rings. The van der Waals surface area contributed by atoms with E-state index in [2.05, 4.69) is 10.6 Å². The lowest BCUT2D eigenvalue weighted by Crippen LogP contribution is -2.52. The highest BCUT2D eigenvalue weighted by molar-refractivity contribution is 5.97. The first-order chi connectivity index (χ1) is 13.6. The van der Waals surface area contributed by atoms with Crippen molar-refractivity contribution in [3.63, 3.8) is 0 Å². The number of benzene rings is 2. The number of rotatable bonds is 5. The summed E-state index contributed by atoms with van der Waals surface area (Å²) in [6.07, 6.45) is -1.64. The molecule has 29 heavy (non-hydrogen) atoms. The van der Waals surface area contributed by atoms with Gasteiger partial charge < -0.3 is 10.6 Å². The quantitative estimate of drug-likeness (QED) is 0.641. The first kappa shape index (κ1) is 20.9. The first-order valence-corrected chi connectivity index (χ1v) is 9.36. The highest BCUT2D eigenvalue weighted by Crippen LogP contribution is 2.39. The molecule has 3 nitrogen and oxygen atoms in total. The molecule has 1 heterocycles. The van der Waals surface area contributed by atoms with Crippen LogP contribution in [0.25, 0.3) is 5.57 Å². The van der Waals surface area contributed by atoms with E-state index in [-0.39, 0.29) is 24.0 Å². The van der Waals surface area contributed by atoms with E-state index in [1.807, 2.05) is 6.92 Å². The summed E-state index contributed by atoms with van der Waals surface area (Å²) >= 11 is 0. The maximum atomic E-state index is 13.1. The van der Waals surface area contributed by atoms with Gasteiger partial charge in [0.05, 0.1) is 5.56 Å². The summed E-state index contributed by atoms with van der Waals surface area (Å²) in [5, 5.41) is 5.87. The molecule has 1 atom stereocenters. The van der Waals surface area contributed by atoms with Gasteiger partial charge in [-0.15, -0.1) is 0 Å². The van der Waals surface area contributed by atoms with Crippen LogP contribution in [0.3, 0.4) is 0 Å². The number of fused-ring (bicyclic) bond motifs is 1. The van der Waals surface area contributed by atoms with Crippen LogP contribution in [0.4, 0.5) is 23.2 Å². The molecule has 2 N–H and O–H groups in total. The van der Waals surface area contributed by atoms with Gasteiger partial charge in [-0.1, -0.05) is 31.5 Å². The molecule has 154 valence electrons. The van der Waals surface area contributed by atoms with E-state index in [9.17, 15) is 22.4 Å². The minimum atomic E-state index is -4.47. The van der Waals surface area contributed by atoms with Gasteiger partial charge in [0.15, 0.2) is 0 Å². The van der Waals surface area contributed by atoms with Crippen molar-refractivity contribution in [1.29, 1.82) is 0 Å². The van der Waals surface area contributed by atoms with E-state index in [4.69, 9.17) is 0 Å². The molecule has 3 rings (SSSR count). The number of hydrogen-bond donors (Lipinski definition) is 2. The fourth-order valence-corrected chi connectivity index (χ4v) is 3.60. The van der Waals surface area contributed by atoms with Crippen molar-refractivity contribution >= 4 is 17.2 Å². The highest BCUT2D eigenvalue weighted by atomic mass is 19.4. The molecule has 0 bridgehead atoms. The maximum Gasteiger partial charge on any atom is 0.416 e. The number of amides is 1. The molecule has 7 heteroatoms. The molecule has 0 radical (unpaired) electrons. The molecule has 0 saturated heterocycles. The minimum absolute atomic E-state index is 0.189. The number of carbonyl (C=O) groups excluding carboxylic acids is 1. The van der Waals surface area contributed by atoms with E-state index in [1.54, 1.807) is 25.1 Å². The Morgan fingerprint density at radius 2 is 1.83 bits per heavy atom. The van der Waals surface area contributed by atoms with Gasteiger partial charge in [0, 0.05) is 17.8 Å². The number of hydrogen-bond acceptors (Lipinski definition) is 2. The van der Waals surface area contributed by atoms with Crippen LogP contribution in [0.1, 0.15) is 43.4 Å². The van der Waals surface area contributed by atoms with Gasteiger partial charge >= 0.3 is 6.18 Å². The number of carbonyl (C=O) groups is 1. The fourth-order valence-electron chi connectivity index (χ4n) is 3.60. The van der Waals surface area contributed by atoms with Gasteiger partial charge in [-0.25, -0.2) is 4.39 Å². The molecule has 1 aliphatic rings. The Balaban J connectivity index is 1.89. The molecule has 0 spiro atoms. The summed E-state index contributed by atoms with van der Waals surface area (Å²) < 4.78 is 52.5. The van der Waals surface area contributed by atoms with Crippen molar-refractivity contribution in [3.05, 3.63) is 71.0 Å². The summed E-state index contributed by atoms with van der Waals surface area (Å²) in [7, 11) is 0. The number of alkyl halides is 3. The zero-order valence-corrected chi connectivity index (χ0v) is 16.2. The van der Waals surface area contributed by atoms with Crippen molar-refractivity contribution in [2.24, 2.45) is 0 Å². The molecule has 0 aliphatic carbocycles. The lowest BCUT2D eigenvalue weighted by molar-refractivity contribution is -0.137. The third-order valence-electron chi connectivity index (χ3n) is 5.01. The van der Waals surface area contributed by atoms with Crippen LogP contribution in [-0.4, -0.2) is 11.4 Å². The van der Waals surface area contributed by atoms with Crippen LogP contribution >= 0.6 is 0 Å². The topological polar surface area (TPSA) is 41.1 Å². The van der Waals surface area contributed by atoms with Crippen LogP contribution in [0.5, 0.6) is 0 Å². The third kappa shape index (κ3) is 4.44. The van der Waals surface area contributed by atoms with Crippen LogP contribution in [-0.2, 0) is 17.5 Å². The third-order valence-corrected chi connectivity index (χ3v) is 5.01. The van der Waals surface area contributed by atoms with Crippen molar-refractivity contribution in [2.45, 2.75) is 44.9 Å². The average Bonchev–Trinajstić information content (AvgIpc) is 2.66. The highest BCUT2D eigenvalue weighted by Gasteiger charge is 2.40. The second kappa shape index (κ2) is 7.89. The Hall–Kier alpha value is -2.83. The van der Waals surface area contributed by atoms with E-state index in [1.165, 1.54) is 18.2 Å². The largest absolute Gasteiger partial charge is 0.416 e. The maximum absolute atomic E-state index is 13.1. The zero-order chi connectivity index (χ0) is 21.2. The molecule has 0 aromatic heterocycles. The minimum Gasteiger partial charge on any atom is -0.368 e. The Morgan fingerprint density at radius 1 is 1.14 bits per heavy atom. The molecule has 1 amide bonds. The van der Waals surface area contributed by atoms with Gasteiger partial charge in [0.2, 0.25) is 5.91 Å². The van der Waals surface area contributed by atoms with Crippen molar-refractivity contribution in [2.75, 3.05) is 5.32 Å².